The van der Waals surface area contributed by atoms with Crippen LogP contribution in [-0.2, 0) is 21.2 Å². The molecule has 23 heavy (non-hydrogen) atoms. The zero-order chi connectivity index (χ0) is 16.6. The van der Waals surface area contributed by atoms with E-state index < -0.39 is 10.0 Å². The largest absolute Gasteiger partial charge is 0.309 e. The summed E-state index contributed by atoms with van der Waals surface area (Å²) in [7, 11) is -3.48. The second-order valence-electron chi connectivity index (χ2n) is 6.56. The van der Waals surface area contributed by atoms with E-state index in [2.05, 4.69) is 4.72 Å². The Morgan fingerprint density at radius 3 is 2.65 bits per heavy atom. The van der Waals surface area contributed by atoms with Crippen molar-refractivity contribution in [3.8, 4) is 0 Å². The van der Waals surface area contributed by atoms with Gasteiger partial charge in [0, 0.05) is 24.2 Å². The van der Waals surface area contributed by atoms with Crippen molar-refractivity contribution < 1.29 is 13.2 Å². The number of rotatable bonds is 4. The quantitative estimate of drug-likeness (QED) is 0.919. The molecular formula is C17H24N2O3S. The van der Waals surface area contributed by atoms with Crippen LogP contribution in [0.15, 0.2) is 23.1 Å². The number of amides is 1. The van der Waals surface area contributed by atoms with Crippen molar-refractivity contribution in [2.45, 2.75) is 69.4 Å². The lowest BCUT2D eigenvalue weighted by Gasteiger charge is -2.22. The van der Waals surface area contributed by atoms with Crippen molar-refractivity contribution in [2.24, 2.45) is 0 Å². The molecular weight excluding hydrogens is 312 g/mol. The average Bonchev–Trinajstić information content (AvgIpc) is 3.11. The summed E-state index contributed by atoms with van der Waals surface area (Å²) >= 11 is 0. The smallest absolute Gasteiger partial charge is 0.240 e. The molecule has 6 heteroatoms. The van der Waals surface area contributed by atoms with E-state index in [4.69, 9.17) is 0 Å². The average molecular weight is 336 g/mol. The molecule has 126 valence electrons. The fourth-order valence-corrected chi connectivity index (χ4v) is 5.01. The fourth-order valence-electron chi connectivity index (χ4n) is 3.66. The van der Waals surface area contributed by atoms with E-state index >= 15 is 0 Å². The van der Waals surface area contributed by atoms with Crippen LogP contribution in [0.1, 0.15) is 51.5 Å². The first-order valence-electron chi connectivity index (χ1n) is 8.39. The Balaban J connectivity index is 1.87. The van der Waals surface area contributed by atoms with Gasteiger partial charge in [0.25, 0.3) is 0 Å². The number of carbonyl (C=O) groups excluding carboxylic acids is 1. The maximum Gasteiger partial charge on any atom is 0.240 e. The van der Waals surface area contributed by atoms with E-state index in [9.17, 15) is 13.2 Å². The zero-order valence-electron chi connectivity index (χ0n) is 13.7. The first kappa shape index (κ1) is 16.5. The predicted molar refractivity (Wildman–Crippen MR) is 90.0 cm³/mol. The van der Waals surface area contributed by atoms with Gasteiger partial charge in [-0.2, -0.15) is 0 Å². The lowest BCUT2D eigenvalue weighted by molar-refractivity contribution is -0.118. The molecule has 1 saturated carbocycles. The molecule has 1 aromatic rings. The molecule has 3 rings (SSSR count). The molecule has 1 amide bonds. The normalized spacial score (nSPS) is 21.7. The Hall–Kier alpha value is -1.40. The first-order chi connectivity index (χ1) is 10.9. The van der Waals surface area contributed by atoms with Crippen molar-refractivity contribution in [1.29, 1.82) is 0 Å². The Bertz CT molecular complexity index is 709. The van der Waals surface area contributed by atoms with Crippen LogP contribution in [0.2, 0.25) is 0 Å². The molecule has 1 aliphatic heterocycles. The fraction of sp³-hybridized carbons (Fsp3) is 0.588. The summed E-state index contributed by atoms with van der Waals surface area (Å²) in [6.45, 7) is 3.84. The second kappa shape index (κ2) is 6.24. The van der Waals surface area contributed by atoms with Gasteiger partial charge in [0.05, 0.1) is 4.90 Å². The summed E-state index contributed by atoms with van der Waals surface area (Å²) < 4.78 is 27.9. The summed E-state index contributed by atoms with van der Waals surface area (Å²) in [4.78, 5) is 14.2. The van der Waals surface area contributed by atoms with E-state index in [1.165, 1.54) is 0 Å². The molecule has 0 saturated heterocycles. The molecule has 1 N–H and O–H groups in total. The number of hydrogen-bond acceptors (Lipinski definition) is 3. The first-order valence-corrected chi connectivity index (χ1v) is 9.88. The molecule has 1 heterocycles. The zero-order valence-corrected chi connectivity index (χ0v) is 14.5. The van der Waals surface area contributed by atoms with E-state index in [0.717, 1.165) is 36.9 Å². The molecule has 0 unspecified atom stereocenters. The highest BCUT2D eigenvalue weighted by molar-refractivity contribution is 7.89. The van der Waals surface area contributed by atoms with E-state index in [1.807, 2.05) is 13.8 Å². The molecule has 2 aliphatic rings. The minimum absolute atomic E-state index is 0.0605. The van der Waals surface area contributed by atoms with Crippen LogP contribution in [0, 0.1) is 0 Å². The van der Waals surface area contributed by atoms with Crippen molar-refractivity contribution in [1.82, 2.24) is 4.72 Å². The Labute approximate surface area is 138 Å². The molecule has 1 fully saturated rings. The summed E-state index contributed by atoms with van der Waals surface area (Å²) in [6, 6.07) is 5.26. The van der Waals surface area contributed by atoms with E-state index in [-0.39, 0.29) is 18.0 Å². The number of nitrogens with one attached hydrogen (secondary N) is 1. The highest BCUT2D eigenvalue weighted by atomic mass is 32.2. The van der Waals surface area contributed by atoms with Crippen LogP contribution >= 0.6 is 0 Å². The summed E-state index contributed by atoms with van der Waals surface area (Å²) in [5, 5.41) is 0. The van der Waals surface area contributed by atoms with Gasteiger partial charge >= 0.3 is 0 Å². The number of nitrogens with zero attached hydrogens (tertiary/aromatic N) is 1. The van der Waals surface area contributed by atoms with Crippen molar-refractivity contribution in [3.05, 3.63) is 23.8 Å². The van der Waals surface area contributed by atoms with Crippen molar-refractivity contribution in [2.75, 3.05) is 4.90 Å². The van der Waals surface area contributed by atoms with Gasteiger partial charge in [-0.25, -0.2) is 13.1 Å². The van der Waals surface area contributed by atoms with Crippen LogP contribution in [0.3, 0.4) is 0 Å². The van der Waals surface area contributed by atoms with Gasteiger partial charge in [0.15, 0.2) is 0 Å². The highest BCUT2D eigenvalue weighted by Gasteiger charge is 2.31. The van der Waals surface area contributed by atoms with Crippen LogP contribution in [0.4, 0.5) is 5.69 Å². The minimum atomic E-state index is -3.48. The van der Waals surface area contributed by atoms with Crippen LogP contribution in [-0.4, -0.2) is 26.4 Å². The van der Waals surface area contributed by atoms with Gasteiger partial charge in [-0.15, -0.1) is 0 Å². The van der Waals surface area contributed by atoms with Gasteiger partial charge in [-0.3, -0.25) is 4.79 Å². The van der Waals surface area contributed by atoms with Crippen molar-refractivity contribution in [3.63, 3.8) is 0 Å². The van der Waals surface area contributed by atoms with Gasteiger partial charge < -0.3 is 4.90 Å². The van der Waals surface area contributed by atoms with Gasteiger partial charge in [0.1, 0.15) is 0 Å². The maximum atomic E-state index is 12.5. The van der Waals surface area contributed by atoms with Crippen LogP contribution < -0.4 is 9.62 Å². The topological polar surface area (TPSA) is 66.5 Å². The molecule has 1 aromatic carbocycles. The van der Waals surface area contributed by atoms with Gasteiger partial charge in [-0.05, 0) is 49.9 Å². The van der Waals surface area contributed by atoms with Crippen LogP contribution in [0.25, 0.3) is 0 Å². The molecule has 0 bridgehead atoms. The molecule has 0 radical (unpaired) electrons. The lowest BCUT2D eigenvalue weighted by atomic mass is 10.1. The number of anilines is 1. The minimum Gasteiger partial charge on any atom is -0.309 e. The highest BCUT2D eigenvalue weighted by Crippen LogP contribution is 2.34. The third kappa shape index (κ3) is 3.15. The third-order valence-corrected chi connectivity index (χ3v) is 6.34. The number of hydrogen-bond donors (Lipinski definition) is 1. The summed E-state index contributed by atoms with van der Waals surface area (Å²) in [5.74, 6) is 0.0796. The maximum absolute atomic E-state index is 12.5. The molecule has 5 nitrogen and oxygen atoms in total. The summed E-state index contributed by atoms with van der Waals surface area (Å²) in [6.07, 6.45) is 5.16. The monoisotopic (exact) mass is 336 g/mol. The van der Waals surface area contributed by atoms with Crippen LogP contribution in [0.5, 0.6) is 0 Å². The van der Waals surface area contributed by atoms with Gasteiger partial charge in [-0.1, -0.05) is 19.8 Å². The number of benzene rings is 1. The second-order valence-corrected chi connectivity index (χ2v) is 8.28. The SMILES string of the molecule is CCC(=O)N1c2ccc(S(=O)(=O)NC3CCCC3)cc2C[C@@H]1C. The third-order valence-electron chi connectivity index (χ3n) is 4.83. The standard InChI is InChI=1S/C17H24N2O3S/c1-3-17(20)19-12(2)10-13-11-15(8-9-16(13)19)23(21,22)18-14-6-4-5-7-14/h8-9,11-12,14,18H,3-7,10H2,1-2H3/t12-/m0/s1. The van der Waals surface area contributed by atoms with Crippen molar-refractivity contribution >= 4 is 21.6 Å². The van der Waals surface area contributed by atoms with E-state index in [0.29, 0.717) is 17.7 Å². The Morgan fingerprint density at radius 1 is 1.30 bits per heavy atom. The summed E-state index contributed by atoms with van der Waals surface area (Å²) in [5.41, 5.74) is 1.79. The van der Waals surface area contributed by atoms with E-state index in [1.54, 1.807) is 23.1 Å². The van der Waals surface area contributed by atoms with Gasteiger partial charge in [0.2, 0.25) is 15.9 Å². The Morgan fingerprint density at radius 2 is 2.00 bits per heavy atom. The number of carbonyl (C=O) groups is 1. The Kier molecular flexibility index (Phi) is 4.47. The lowest BCUT2D eigenvalue weighted by Crippen LogP contribution is -2.35. The molecule has 1 atom stereocenters. The molecule has 1 aliphatic carbocycles. The number of sulfonamides is 1. The molecule has 0 aromatic heterocycles. The predicted octanol–water partition coefficient (Wildman–Crippen LogP) is 2.60. The molecule has 0 spiro atoms. The number of fused-ring (bicyclic) bond motifs is 1.